The summed E-state index contributed by atoms with van der Waals surface area (Å²) >= 11 is 0. The van der Waals surface area contributed by atoms with Crippen molar-refractivity contribution < 1.29 is 9.63 Å². The van der Waals surface area contributed by atoms with Crippen LogP contribution < -0.4 is 5.48 Å². The molecule has 1 aliphatic rings. The zero-order valence-corrected chi connectivity index (χ0v) is 9.20. The second kappa shape index (κ2) is 3.70. The number of hydrogen-bond donors (Lipinski definition) is 3. The number of aryl methyl sites for hydroxylation is 1. The van der Waals surface area contributed by atoms with Gasteiger partial charge in [-0.15, -0.1) is 0 Å². The van der Waals surface area contributed by atoms with E-state index in [1.165, 1.54) is 7.11 Å². The van der Waals surface area contributed by atoms with E-state index in [9.17, 15) is 4.79 Å². The topological polar surface area (TPSA) is 95.7 Å². The minimum absolute atomic E-state index is 0.312. The van der Waals surface area contributed by atoms with Crippen LogP contribution in [0.15, 0.2) is 6.20 Å². The summed E-state index contributed by atoms with van der Waals surface area (Å²) in [4.78, 5) is 16.3. The van der Waals surface area contributed by atoms with Crippen LogP contribution in [0.4, 0.5) is 0 Å². The van der Waals surface area contributed by atoms with Gasteiger partial charge in [0.05, 0.1) is 19.0 Å². The molecule has 1 aliphatic carbocycles. The van der Waals surface area contributed by atoms with Gasteiger partial charge in [0.2, 0.25) is 0 Å². The van der Waals surface area contributed by atoms with Crippen LogP contribution in [0, 0.1) is 0 Å². The maximum atomic E-state index is 11.7. The molecule has 0 spiro atoms. The number of carbonyl (C=O) groups excluding carboxylic acids is 1. The molecule has 0 saturated carbocycles. The predicted molar refractivity (Wildman–Crippen MR) is 58.1 cm³/mol. The Morgan fingerprint density at radius 2 is 2.35 bits per heavy atom. The average Bonchev–Trinajstić information content (AvgIpc) is 2.94. The molecule has 0 saturated heterocycles. The number of nitrogens with zero attached hydrogens (tertiary/aromatic N) is 2. The zero-order valence-electron chi connectivity index (χ0n) is 9.20. The zero-order chi connectivity index (χ0) is 11.8. The van der Waals surface area contributed by atoms with Crippen molar-refractivity contribution in [1.29, 1.82) is 0 Å². The summed E-state index contributed by atoms with van der Waals surface area (Å²) in [5.74, 6) is -0.312. The highest BCUT2D eigenvalue weighted by molar-refractivity contribution is 5.95. The first-order valence-electron chi connectivity index (χ1n) is 5.24. The third-order valence-corrected chi connectivity index (χ3v) is 2.89. The fourth-order valence-corrected chi connectivity index (χ4v) is 2.12. The van der Waals surface area contributed by atoms with Crippen LogP contribution in [0.1, 0.15) is 21.7 Å². The number of rotatable bonds is 2. The number of hydrogen-bond acceptors (Lipinski definition) is 4. The highest BCUT2D eigenvalue weighted by Gasteiger charge is 2.26. The number of carbonyl (C=O) groups is 1. The standard InChI is InChI=1S/C10H11N5O2/c1-17-15-10(16)9-5-2-3-7-6(4-11-12-7)8(5)13-14-9/h4H,2-3H2,1H3,(H,11,12)(H,13,14)(H,15,16). The van der Waals surface area contributed by atoms with E-state index in [4.69, 9.17) is 0 Å². The Kier molecular flexibility index (Phi) is 2.19. The monoisotopic (exact) mass is 233 g/mol. The van der Waals surface area contributed by atoms with Crippen LogP contribution in [-0.4, -0.2) is 33.4 Å². The molecule has 0 unspecified atom stereocenters. The second-order valence-electron chi connectivity index (χ2n) is 3.82. The van der Waals surface area contributed by atoms with Gasteiger partial charge < -0.3 is 0 Å². The average molecular weight is 233 g/mol. The van der Waals surface area contributed by atoms with Crippen molar-refractivity contribution in [2.45, 2.75) is 12.8 Å². The number of aromatic nitrogens is 4. The maximum Gasteiger partial charge on any atom is 0.293 e. The van der Waals surface area contributed by atoms with Crippen molar-refractivity contribution >= 4 is 5.91 Å². The number of hydroxylamine groups is 1. The summed E-state index contributed by atoms with van der Waals surface area (Å²) in [6, 6.07) is 0. The van der Waals surface area contributed by atoms with Crippen molar-refractivity contribution in [2.75, 3.05) is 7.11 Å². The van der Waals surface area contributed by atoms with Crippen molar-refractivity contribution in [1.82, 2.24) is 25.9 Å². The molecule has 7 heteroatoms. The molecule has 2 aromatic rings. The molecule has 0 aromatic carbocycles. The lowest BCUT2D eigenvalue weighted by Crippen LogP contribution is -2.23. The molecular weight excluding hydrogens is 222 g/mol. The molecule has 3 N–H and O–H groups in total. The lowest BCUT2D eigenvalue weighted by atomic mass is 9.94. The van der Waals surface area contributed by atoms with Crippen molar-refractivity contribution in [3.63, 3.8) is 0 Å². The summed E-state index contributed by atoms with van der Waals surface area (Å²) in [6.45, 7) is 0. The maximum absolute atomic E-state index is 11.7. The number of fused-ring (bicyclic) bond motifs is 3. The van der Waals surface area contributed by atoms with Crippen LogP contribution >= 0.6 is 0 Å². The van der Waals surface area contributed by atoms with Crippen LogP contribution in [0.5, 0.6) is 0 Å². The first-order chi connectivity index (χ1) is 8.31. The molecule has 3 rings (SSSR count). The largest absolute Gasteiger partial charge is 0.293 e. The predicted octanol–water partition coefficient (Wildman–Crippen LogP) is 0.190. The quantitative estimate of drug-likeness (QED) is 0.645. The minimum Gasteiger partial charge on any atom is -0.282 e. The number of aromatic amines is 2. The molecule has 88 valence electrons. The highest BCUT2D eigenvalue weighted by Crippen LogP contribution is 2.31. The number of H-pyrrole nitrogens is 2. The molecule has 7 nitrogen and oxygen atoms in total. The van der Waals surface area contributed by atoms with Crippen LogP contribution in [-0.2, 0) is 17.7 Å². The molecule has 0 atom stereocenters. The van der Waals surface area contributed by atoms with E-state index in [0.29, 0.717) is 5.69 Å². The summed E-state index contributed by atoms with van der Waals surface area (Å²) in [7, 11) is 1.40. The van der Waals surface area contributed by atoms with Gasteiger partial charge in [-0.25, -0.2) is 5.48 Å². The Balaban J connectivity index is 2.05. The third kappa shape index (κ3) is 1.43. The molecule has 0 aliphatic heterocycles. The van der Waals surface area contributed by atoms with E-state index < -0.39 is 0 Å². The minimum atomic E-state index is -0.312. The fraction of sp³-hybridized carbons (Fsp3) is 0.300. The molecule has 1 amide bonds. The first-order valence-corrected chi connectivity index (χ1v) is 5.24. The first kappa shape index (κ1) is 10.0. The summed E-state index contributed by atoms with van der Waals surface area (Å²) < 4.78 is 0. The Bertz CT molecular complexity index is 571. The fourth-order valence-electron chi connectivity index (χ4n) is 2.12. The van der Waals surface area contributed by atoms with Gasteiger partial charge in [0, 0.05) is 16.8 Å². The van der Waals surface area contributed by atoms with E-state index in [1.807, 2.05) is 0 Å². The van der Waals surface area contributed by atoms with Gasteiger partial charge in [-0.2, -0.15) is 10.2 Å². The smallest absolute Gasteiger partial charge is 0.282 e. The van der Waals surface area contributed by atoms with Crippen LogP contribution in [0.2, 0.25) is 0 Å². The van der Waals surface area contributed by atoms with Crippen molar-refractivity contribution in [3.05, 3.63) is 23.1 Å². The van der Waals surface area contributed by atoms with Gasteiger partial charge in [0.25, 0.3) is 5.91 Å². The third-order valence-electron chi connectivity index (χ3n) is 2.89. The van der Waals surface area contributed by atoms with E-state index in [2.05, 4.69) is 30.7 Å². The van der Waals surface area contributed by atoms with Crippen molar-refractivity contribution in [2.24, 2.45) is 0 Å². The number of amides is 1. The normalized spacial score (nSPS) is 13.0. The van der Waals surface area contributed by atoms with Crippen LogP contribution in [0.25, 0.3) is 11.3 Å². The van der Waals surface area contributed by atoms with Gasteiger partial charge in [-0.05, 0) is 12.8 Å². The Labute approximate surface area is 96.5 Å². The van der Waals surface area contributed by atoms with E-state index in [1.54, 1.807) is 6.20 Å². The van der Waals surface area contributed by atoms with Gasteiger partial charge >= 0.3 is 0 Å². The second-order valence-corrected chi connectivity index (χ2v) is 3.82. The van der Waals surface area contributed by atoms with Crippen molar-refractivity contribution in [3.8, 4) is 11.3 Å². The summed E-state index contributed by atoms with van der Waals surface area (Å²) in [5.41, 5.74) is 6.45. The van der Waals surface area contributed by atoms with Gasteiger partial charge in [-0.3, -0.25) is 19.8 Å². The molecule has 0 radical (unpaired) electrons. The molecule has 2 aromatic heterocycles. The Hall–Kier alpha value is -2.15. The van der Waals surface area contributed by atoms with Crippen LogP contribution in [0.3, 0.4) is 0 Å². The molecule has 0 fully saturated rings. The molecule has 2 heterocycles. The SMILES string of the molecule is CONC(=O)c1[nH]nc2c1CCc1[nH]ncc1-2. The molecular formula is C10H11N5O2. The number of nitrogens with one attached hydrogen (secondary N) is 3. The van der Waals surface area contributed by atoms with E-state index >= 15 is 0 Å². The van der Waals surface area contributed by atoms with Gasteiger partial charge in [-0.1, -0.05) is 0 Å². The molecule has 0 bridgehead atoms. The highest BCUT2D eigenvalue weighted by atomic mass is 16.6. The lowest BCUT2D eigenvalue weighted by Gasteiger charge is -2.10. The van der Waals surface area contributed by atoms with Gasteiger partial charge in [0.15, 0.2) is 0 Å². The Morgan fingerprint density at radius 3 is 3.18 bits per heavy atom. The van der Waals surface area contributed by atoms with E-state index in [0.717, 1.165) is 35.4 Å². The molecule has 17 heavy (non-hydrogen) atoms. The Morgan fingerprint density at radius 1 is 1.47 bits per heavy atom. The summed E-state index contributed by atoms with van der Waals surface area (Å²) in [6.07, 6.45) is 3.31. The lowest BCUT2D eigenvalue weighted by molar-refractivity contribution is 0.0531. The van der Waals surface area contributed by atoms with E-state index in [-0.39, 0.29) is 5.91 Å². The summed E-state index contributed by atoms with van der Waals surface area (Å²) in [5, 5.41) is 13.8. The van der Waals surface area contributed by atoms with Gasteiger partial charge in [0.1, 0.15) is 5.69 Å².